The van der Waals surface area contributed by atoms with Gasteiger partial charge in [0.2, 0.25) is 0 Å². The van der Waals surface area contributed by atoms with Gasteiger partial charge in [0.15, 0.2) is 5.82 Å². The van der Waals surface area contributed by atoms with Crippen molar-refractivity contribution >= 4 is 39.7 Å². The van der Waals surface area contributed by atoms with E-state index in [9.17, 15) is 0 Å². The van der Waals surface area contributed by atoms with Gasteiger partial charge in [-0.05, 0) is 18.2 Å². The Bertz CT molecular complexity index is 757. The van der Waals surface area contributed by atoms with E-state index in [1.165, 1.54) is 11.3 Å². The molecule has 0 radical (unpaired) electrons. The zero-order chi connectivity index (χ0) is 13.4. The van der Waals surface area contributed by atoms with Crippen molar-refractivity contribution in [1.82, 2.24) is 9.97 Å². The minimum atomic E-state index is 0.426. The van der Waals surface area contributed by atoms with Gasteiger partial charge in [-0.2, -0.15) is 0 Å². The maximum absolute atomic E-state index is 5.97. The summed E-state index contributed by atoms with van der Waals surface area (Å²) in [5.41, 5.74) is 6.74. The summed E-state index contributed by atoms with van der Waals surface area (Å²) >= 11 is 7.46. The van der Waals surface area contributed by atoms with Crippen LogP contribution >= 0.6 is 22.9 Å². The highest BCUT2D eigenvalue weighted by Crippen LogP contribution is 2.31. The number of methoxy groups -OCH3 is 1. The molecule has 19 heavy (non-hydrogen) atoms. The number of nitrogens with two attached hydrogens (primary N) is 1. The summed E-state index contributed by atoms with van der Waals surface area (Å²) in [6.45, 7) is 0. The fourth-order valence-electron chi connectivity index (χ4n) is 1.78. The third-order valence-electron chi connectivity index (χ3n) is 2.72. The second kappa shape index (κ2) is 4.68. The average molecular weight is 292 g/mol. The normalized spacial score (nSPS) is 10.8. The fraction of sp³-hybridized carbons (Fsp3) is 0.0769. The molecule has 2 N–H and O–H groups in total. The summed E-state index contributed by atoms with van der Waals surface area (Å²) in [5, 5.41) is 3.29. The average Bonchev–Trinajstić information content (AvgIpc) is 2.88. The molecule has 0 spiro atoms. The van der Waals surface area contributed by atoms with Gasteiger partial charge < -0.3 is 10.5 Å². The number of halogens is 1. The molecule has 1 aromatic carbocycles. The molecule has 2 heterocycles. The number of thiophene rings is 1. The third kappa shape index (κ3) is 2.22. The molecule has 0 fully saturated rings. The summed E-state index contributed by atoms with van der Waals surface area (Å²) in [6, 6.07) is 7.28. The Hall–Kier alpha value is -1.85. The predicted octanol–water partition coefficient (Wildman–Crippen LogP) is 3.60. The molecule has 0 aliphatic heterocycles. The first-order valence-electron chi connectivity index (χ1n) is 5.53. The zero-order valence-electron chi connectivity index (χ0n) is 10.1. The van der Waals surface area contributed by atoms with Crippen molar-refractivity contribution in [3.05, 3.63) is 34.7 Å². The van der Waals surface area contributed by atoms with Crippen molar-refractivity contribution in [3.63, 3.8) is 0 Å². The maximum Gasteiger partial charge on any atom is 0.172 e. The molecule has 0 atom stereocenters. The first kappa shape index (κ1) is 12.2. The van der Waals surface area contributed by atoms with E-state index >= 15 is 0 Å². The maximum atomic E-state index is 5.97. The van der Waals surface area contributed by atoms with Crippen LogP contribution in [0.1, 0.15) is 0 Å². The molecular formula is C13H10ClN3OS. The topological polar surface area (TPSA) is 61.0 Å². The van der Waals surface area contributed by atoms with E-state index < -0.39 is 0 Å². The number of fused-ring (bicyclic) bond motifs is 1. The van der Waals surface area contributed by atoms with Crippen LogP contribution in [0.5, 0.6) is 5.75 Å². The summed E-state index contributed by atoms with van der Waals surface area (Å²) in [7, 11) is 1.63. The Morgan fingerprint density at radius 1 is 1.26 bits per heavy atom. The molecule has 0 aliphatic rings. The Kier molecular flexibility index (Phi) is 3.00. The van der Waals surface area contributed by atoms with E-state index in [1.54, 1.807) is 19.2 Å². The van der Waals surface area contributed by atoms with E-state index in [0.29, 0.717) is 16.7 Å². The van der Waals surface area contributed by atoms with Gasteiger partial charge in [-0.3, -0.25) is 0 Å². The highest BCUT2D eigenvalue weighted by molar-refractivity contribution is 7.13. The van der Waals surface area contributed by atoms with Crippen molar-refractivity contribution in [2.75, 3.05) is 12.8 Å². The Morgan fingerprint density at radius 2 is 2.11 bits per heavy atom. The van der Waals surface area contributed by atoms with Crippen LogP contribution in [0.15, 0.2) is 29.6 Å². The molecular weight excluding hydrogens is 282 g/mol. The quantitative estimate of drug-likeness (QED) is 0.783. The lowest BCUT2D eigenvalue weighted by Crippen LogP contribution is -1.96. The minimum Gasteiger partial charge on any atom is -0.496 e. The summed E-state index contributed by atoms with van der Waals surface area (Å²) in [4.78, 5) is 9.74. The molecule has 0 amide bonds. The molecule has 0 saturated heterocycles. The van der Waals surface area contributed by atoms with Crippen molar-refractivity contribution < 1.29 is 4.74 Å². The lowest BCUT2D eigenvalue weighted by Gasteiger charge is -2.04. The van der Waals surface area contributed by atoms with Crippen LogP contribution in [0.2, 0.25) is 5.02 Å². The Balaban J connectivity index is 2.17. The number of anilines is 1. The largest absolute Gasteiger partial charge is 0.496 e. The second-order valence-electron chi connectivity index (χ2n) is 3.94. The SMILES string of the molecule is COc1csc(-c2nc(N)c3cc(Cl)ccc3n2)c1. The van der Waals surface area contributed by atoms with Gasteiger partial charge in [-0.1, -0.05) is 11.6 Å². The van der Waals surface area contributed by atoms with Gasteiger partial charge in [0.25, 0.3) is 0 Å². The van der Waals surface area contributed by atoms with Crippen molar-refractivity contribution in [1.29, 1.82) is 0 Å². The number of hydrogen-bond acceptors (Lipinski definition) is 5. The summed E-state index contributed by atoms with van der Waals surface area (Å²) in [6.07, 6.45) is 0. The molecule has 0 unspecified atom stereocenters. The van der Waals surface area contributed by atoms with Gasteiger partial charge in [0, 0.05) is 21.9 Å². The molecule has 4 nitrogen and oxygen atoms in total. The molecule has 6 heteroatoms. The van der Waals surface area contributed by atoms with E-state index in [4.69, 9.17) is 22.1 Å². The molecule has 0 bridgehead atoms. The predicted molar refractivity (Wildman–Crippen MR) is 78.8 cm³/mol. The molecule has 3 rings (SSSR count). The number of rotatable bonds is 2. The van der Waals surface area contributed by atoms with Crippen LogP contribution in [0.3, 0.4) is 0 Å². The van der Waals surface area contributed by atoms with Gasteiger partial charge in [-0.15, -0.1) is 11.3 Å². The van der Waals surface area contributed by atoms with Crippen molar-refractivity contribution in [3.8, 4) is 16.5 Å². The van der Waals surface area contributed by atoms with Crippen LogP contribution in [0.25, 0.3) is 21.6 Å². The van der Waals surface area contributed by atoms with Crippen LogP contribution in [0, 0.1) is 0 Å². The van der Waals surface area contributed by atoms with Gasteiger partial charge >= 0.3 is 0 Å². The highest BCUT2D eigenvalue weighted by atomic mass is 35.5. The number of aromatic nitrogens is 2. The molecule has 2 aromatic heterocycles. The third-order valence-corrected chi connectivity index (χ3v) is 3.86. The zero-order valence-corrected chi connectivity index (χ0v) is 11.6. The van der Waals surface area contributed by atoms with E-state index in [1.807, 2.05) is 17.5 Å². The number of nitrogen functional groups attached to an aromatic ring is 1. The molecule has 3 aromatic rings. The smallest absolute Gasteiger partial charge is 0.172 e. The molecule has 0 aliphatic carbocycles. The standard InChI is InChI=1S/C13H10ClN3OS/c1-18-8-5-11(19-6-8)13-16-10-3-2-7(14)4-9(10)12(15)17-13/h2-6H,1H3,(H2,15,16,17). The number of ether oxygens (including phenoxy) is 1. The van der Waals surface area contributed by atoms with E-state index in [2.05, 4.69) is 9.97 Å². The van der Waals surface area contributed by atoms with Gasteiger partial charge in [0.1, 0.15) is 11.6 Å². The number of benzene rings is 1. The van der Waals surface area contributed by atoms with Crippen molar-refractivity contribution in [2.24, 2.45) is 0 Å². The van der Waals surface area contributed by atoms with Crippen LogP contribution in [0.4, 0.5) is 5.82 Å². The monoisotopic (exact) mass is 291 g/mol. The second-order valence-corrected chi connectivity index (χ2v) is 5.29. The van der Waals surface area contributed by atoms with Crippen LogP contribution < -0.4 is 10.5 Å². The lowest BCUT2D eigenvalue weighted by atomic mass is 10.2. The Labute approximate surface area is 118 Å². The Morgan fingerprint density at radius 3 is 2.84 bits per heavy atom. The van der Waals surface area contributed by atoms with Crippen LogP contribution in [-0.4, -0.2) is 17.1 Å². The van der Waals surface area contributed by atoms with Gasteiger partial charge in [0.05, 0.1) is 17.5 Å². The van der Waals surface area contributed by atoms with E-state index in [0.717, 1.165) is 21.5 Å². The first-order valence-corrected chi connectivity index (χ1v) is 6.79. The van der Waals surface area contributed by atoms with Crippen LogP contribution in [-0.2, 0) is 0 Å². The summed E-state index contributed by atoms with van der Waals surface area (Å²) < 4.78 is 5.16. The molecule has 0 saturated carbocycles. The minimum absolute atomic E-state index is 0.426. The first-order chi connectivity index (χ1) is 9.17. The molecule has 96 valence electrons. The highest BCUT2D eigenvalue weighted by Gasteiger charge is 2.10. The van der Waals surface area contributed by atoms with Crippen molar-refractivity contribution in [2.45, 2.75) is 0 Å². The number of nitrogens with zero attached hydrogens (tertiary/aromatic N) is 2. The lowest BCUT2D eigenvalue weighted by molar-refractivity contribution is 0.417. The number of hydrogen-bond donors (Lipinski definition) is 1. The fourth-order valence-corrected chi connectivity index (χ4v) is 2.74. The summed E-state index contributed by atoms with van der Waals surface area (Å²) in [5.74, 6) is 1.81. The van der Waals surface area contributed by atoms with E-state index in [-0.39, 0.29) is 0 Å². The van der Waals surface area contributed by atoms with Gasteiger partial charge in [-0.25, -0.2) is 9.97 Å².